The van der Waals surface area contributed by atoms with Crippen LogP contribution in [0.2, 0.25) is 0 Å². The van der Waals surface area contributed by atoms with E-state index in [1.807, 2.05) is 15.4 Å². The maximum atomic E-state index is 6.16. The van der Waals surface area contributed by atoms with Crippen LogP contribution in [0.3, 0.4) is 0 Å². The van der Waals surface area contributed by atoms with E-state index in [9.17, 15) is 0 Å². The van der Waals surface area contributed by atoms with Crippen molar-refractivity contribution >= 4 is 5.82 Å². The van der Waals surface area contributed by atoms with Gasteiger partial charge < -0.3 is 5.73 Å². The molecule has 2 atom stereocenters. The number of nitrogens with zero attached hydrogens (tertiary/aromatic N) is 5. The second-order valence-corrected chi connectivity index (χ2v) is 9.07. The SMILES string of the molecule is CC(C)(C)c1cn([C@@H]2CC[C@H](c3cc(N)n(C(C)(C)C)n3)C2)nn1. The van der Waals surface area contributed by atoms with Crippen molar-refractivity contribution in [1.82, 2.24) is 24.8 Å². The number of nitrogens with two attached hydrogens (primary N) is 1. The summed E-state index contributed by atoms with van der Waals surface area (Å²) in [7, 11) is 0. The zero-order valence-corrected chi connectivity index (χ0v) is 15.7. The van der Waals surface area contributed by atoms with E-state index in [0.29, 0.717) is 12.0 Å². The molecule has 2 heterocycles. The molecule has 0 radical (unpaired) electrons. The topological polar surface area (TPSA) is 74.5 Å². The molecule has 0 unspecified atom stereocenters. The van der Waals surface area contributed by atoms with Gasteiger partial charge in [-0.3, -0.25) is 0 Å². The summed E-state index contributed by atoms with van der Waals surface area (Å²) in [5.74, 6) is 1.19. The molecular weight excluding hydrogens is 300 g/mol. The van der Waals surface area contributed by atoms with Gasteiger partial charge in [-0.25, -0.2) is 9.36 Å². The molecule has 2 aromatic rings. The van der Waals surface area contributed by atoms with Crippen LogP contribution < -0.4 is 5.73 Å². The van der Waals surface area contributed by atoms with Gasteiger partial charge >= 0.3 is 0 Å². The fourth-order valence-corrected chi connectivity index (χ4v) is 3.42. The van der Waals surface area contributed by atoms with E-state index in [0.717, 1.165) is 36.5 Å². The first kappa shape index (κ1) is 17.0. The molecule has 1 saturated carbocycles. The molecule has 0 bridgehead atoms. The van der Waals surface area contributed by atoms with Crippen molar-refractivity contribution in [1.29, 1.82) is 0 Å². The van der Waals surface area contributed by atoms with E-state index in [1.165, 1.54) is 0 Å². The quantitative estimate of drug-likeness (QED) is 0.912. The predicted octanol–water partition coefficient (Wildman–Crippen LogP) is 3.62. The van der Waals surface area contributed by atoms with Crippen LogP contribution >= 0.6 is 0 Å². The van der Waals surface area contributed by atoms with Crippen molar-refractivity contribution in [3.05, 3.63) is 23.7 Å². The summed E-state index contributed by atoms with van der Waals surface area (Å²) >= 11 is 0. The summed E-state index contributed by atoms with van der Waals surface area (Å²) in [6.45, 7) is 12.9. The highest BCUT2D eigenvalue weighted by Gasteiger charge is 2.31. The summed E-state index contributed by atoms with van der Waals surface area (Å²) in [4.78, 5) is 0. The molecule has 2 N–H and O–H groups in total. The summed E-state index contributed by atoms with van der Waals surface area (Å²) in [5, 5.41) is 13.5. The average Bonchev–Trinajstić information content (AvgIpc) is 3.14. The van der Waals surface area contributed by atoms with Crippen LogP contribution in [0.1, 0.15) is 84.2 Å². The standard InChI is InChI=1S/C18H30N6/c1-17(2,3)15-11-23(22-20-15)13-8-7-12(9-13)14-10-16(19)24(21-14)18(4,5)6/h10-13H,7-9,19H2,1-6H3/t12-,13+/m0/s1. The lowest BCUT2D eigenvalue weighted by Crippen LogP contribution is -2.24. The van der Waals surface area contributed by atoms with Crippen LogP contribution in [-0.4, -0.2) is 24.8 Å². The monoisotopic (exact) mass is 330 g/mol. The van der Waals surface area contributed by atoms with Crippen molar-refractivity contribution in [2.75, 3.05) is 5.73 Å². The summed E-state index contributed by atoms with van der Waals surface area (Å²) < 4.78 is 3.98. The second-order valence-electron chi connectivity index (χ2n) is 9.07. The molecule has 0 saturated heterocycles. The molecule has 1 fully saturated rings. The van der Waals surface area contributed by atoms with Crippen molar-refractivity contribution in [2.24, 2.45) is 0 Å². The Morgan fingerprint density at radius 2 is 1.83 bits per heavy atom. The van der Waals surface area contributed by atoms with Gasteiger partial charge in [0.05, 0.1) is 23.0 Å². The minimum Gasteiger partial charge on any atom is -0.384 e. The average molecular weight is 330 g/mol. The molecule has 24 heavy (non-hydrogen) atoms. The van der Waals surface area contributed by atoms with Crippen LogP contribution in [-0.2, 0) is 11.0 Å². The van der Waals surface area contributed by atoms with Gasteiger partial charge in [-0.2, -0.15) is 5.10 Å². The number of hydrogen-bond donors (Lipinski definition) is 1. The molecule has 0 aliphatic heterocycles. The van der Waals surface area contributed by atoms with Crippen molar-refractivity contribution < 1.29 is 0 Å². The van der Waals surface area contributed by atoms with E-state index in [2.05, 4.69) is 58.1 Å². The Balaban J connectivity index is 1.75. The zero-order valence-electron chi connectivity index (χ0n) is 15.7. The van der Waals surface area contributed by atoms with Crippen LogP contribution in [0.5, 0.6) is 0 Å². The van der Waals surface area contributed by atoms with Gasteiger partial charge in [-0.15, -0.1) is 5.10 Å². The van der Waals surface area contributed by atoms with Crippen molar-refractivity contribution in [2.45, 2.75) is 83.7 Å². The van der Waals surface area contributed by atoms with Gasteiger partial charge in [0.15, 0.2) is 0 Å². The highest BCUT2D eigenvalue weighted by atomic mass is 15.4. The van der Waals surface area contributed by atoms with Crippen LogP contribution in [0.15, 0.2) is 12.3 Å². The largest absolute Gasteiger partial charge is 0.384 e. The van der Waals surface area contributed by atoms with Gasteiger partial charge in [0.1, 0.15) is 5.82 Å². The summed E-state index contributed by atoms with van der Waals surface area (Å²) in [5.41, 5.74) is 8.27. The molecule has 6 nitrogen and oxygen atoms in total. The minimum atomic E-state index is -0.0894. The van der Waals surface area contributed by atoms with Crippen LogP contribution in [0.25, 0.3) is 0 Å². The Hall–Kier alpha value is -1.85. The van der Waals surface area contributed by atoms with Gasteiger partial charge in [0, 0.05) is 23.6 Å². The molecular formula is C18H30N6. The van der Waals surface area contributed by atoms with E-state index < -0.39 is 0 Å². The molecule has 3 rings (SSSR count). The van der Waals surface area contributed by atoms with E-state index in [-0.39, 0.29) is 11.0 Å². The normalized spacial score (nSPS) is 22.2. The Kier molecular flexibility index (Phi) is 3.97. The van der Waals surface area contributed by atoms with Crippen molar-refractivity contribution in [3.63, 3.8) is 0 Å². The first-order valence-electron chi connectivity index (χ1n) is 8.84. The third-order valence-corrected chi connectivity index (χ3v) is 4.87. The smallest absolute Gasteiger partial charge is 0.122 e. The molecule has 2 aromatic heterocycles. The lowest BCUT2D eigenvalue weighted by molar-refractivity contribution is 0.356. The Morgan fingerprint density at radius 1 is 1.12 bits per heavy atom. The highest BCUT2D eigenvalue weighted by molar-refractivity contribution is 5.34. The first-order chi connectivity index (χ1) is 11.1. The molecule has 6 heteroatoms. The Bertz CT molecular complexity index is 713. The molecule has 1 aliphatic carbocycles. The van der Waals surface area contributed by atoms with Gasteiger partial charge in [0.25, 0.3) is 0 Å². The number of rotatable bonds is 2. The number of anilines is 1. The van der Waals surface area contributed by atoms with Gasteiger partial charge in [-0.05, 0) is 40.0 Å². The van der Waals surface area contributed by atoms with Gasteiger partial charge in [0.2, 0.25) is 0 Å². The minimum absolute atomic E-state index is 0.0379. The highest BCUT2D eigenvalue weighted by Crippen LogP contribution is 2.41. The summed E-state index contributed by atoms with van der Waals surface area (Å²) in [6.07, 6.45) is 5.39. The maximum absolute atomic E-state index is 6.16. The Morgan fingerprint density at radius 3 is 2.38 bits per heavy atom. The first-order valence-corrected chi connectivity index (χ1v) is 8.84. The fraction of sp³-hybridized carbons (Fsp3) is 0.722. The van der Waals surface area contributed by atoms with E-state index in [1.54, 1.807) is 0 Å². The number of nitrogen functional groups attached to an aromatic ring is 1. The fourth-order valence-electron chi connectivity index (χ4n) is 3.42. The number of aromatic nitrogens is 5. The predicted molar refractivity (Wildman–Crippen MR) is 96.0 cm³/mol. The van der Waals surface area contributed by atoms with E-state index >= 15 is 0 Å². The molecule has 0 amide bonds. The Labute approximate surface area is 144 Å². The lowest BCUT2D eigenvalue weighted by atomic mass is 9.93. The lowest BCUT2D eigenvalue weighted by Gasteiger charge is -2.20. The second kappa shape index (κ2) is 5.60. The van der Waals surface area contributed by atoms with E-state index in [4.69, 9.17) is 10.8 Å². The zero-order chi connectivity index (χ0) is 17.7. The third-order valence-electron chi connectivity index (χ3n) is 4.87. The van der Waals surface area contributed by atoms with Gasteiger partial charge in [-0.1, -0.05) is 26.0 Å². The molecule has 0 aromatic carbocycles. The number of hydrogen-bond acceptors (Lipinski definition) is 4. The molecule has 1 aliphatic rings. The molecule has 0 spiro atoms. The maximum Gasteiger partial charge on any atom is 0.122 e. The van der Waals surface area contributed by atoms with Crippen molar-refractivity contribution in [3.8, 4) is 0 Å². The van der Waals surface area contributed by atoms with Crippen LogP contribution in [0.4, 0.5) is 5.82 Å². The summed E-state index contributed by atoms with van der Waals surface area (Å²) in [6, 6.07) is 2.44. The molecule has 132 valence electrons. The third kappa shape index (κ3) is 3.19. The van der Waals surface area contributed by atoms with Crippen LogP contribution in [0, 0.1) is 0 Å².